The first-order chi connectivity index (χ1) is 9.69. The highest BCUT2D eigenvalue weighted by atomic mass is 16.5. The second-order valence-corrected chi connectivity index (χ2v) is 5.08. The average molecular weight is 274 g/mol. The molecule has 1 aliphatic rings. The maximum Gasteiger partial charge on any atom is 0.358 e. The molecule has 0 spiro atoms. The predicted molar refractivity (Wildman–Crippen MR) is 75.7 cm³/mol. The lowest BCUT2D eigenvalue weighted by Gasteiger charge is -2.08. The average Bonchev–Trinajstić information content (AvgIpc) is 3.06. The summed E-state index contributed by atoms with van der Waals surface area (Å²) in [6.07, 6.45) is 4.97. The van der Waals surface area contributed by atoms with Crippen molar-refractivity contribution >= 4 is 17.2 Å². The third-order valence-corrected chi connectivity index (χ3v) is 3.71. The number of rotatable bonds is 3. The normalized spacial score (nSPS) is 18.6. The van der Waals surface area contributed by atoms with Crippen LogP contribution >= 0.6 is 0 Å². The number of nitrogens with one attached hydrogen (secondary N) is 1. The molecule has 6 nitrogen and oxygen atoms in total. The van der Waals surface area contributed by atoms with E-state index in [0.29, 0.717) is 22.9 Å². The van der Waals surface area contributed by atoms with Crippen LogP contribution in [-0.2, 0) is 11.2 Å². The fourth-order valence-electron chi connectivity index (χ4n) is 2.71. The van der Waals surface area contributed by atoms with E-state index in [1.54, 1.807) is 12.1 Å². The summed E-state index contributed by atoms with van der Waals surface area (Å²) < 4.78 is 6.72. The second-order valence-electron chi connectivity index (χ2n) is 5.08. The minimum absolute atomic E-state index is 0.327. The van der Waals surface area contributed by atoms with Gasteiger partial charge in [0.15, 0.2) is 5.69 Å². The molecule has 1 fully saturated rings. The van der Waals surface area contributed by atoms with Gasteiger partial charge in [-0.2, -0.15) is 0 Å². The second kappa shape index (κ2) is 5.13. The molecule has 0 saturated carbocycles. The van der Waals surface area contributed by atoms with Crippen molar-refractivity contribution in [2.45, 2.75) is 25.3 Å². The first-order valence-corrected chi connectivity index (χ1v) is 6.77. The summed E-state index contributed by atoms with van der Waals surface area (Å²) in [6, 6.07) is 3.98. The van der Waals surface area contributed by atoms with Crippen LogP contribution in [0.5, 0.6) is 0 Å². The van der Waals surface area contributed by atoms with Crippen molar-refractivity contribution in [1.29, 1.82) is 0 Å². The van der Waals surface area contributed by atoms with Gasteiger partial charge >= 0.3 is 5.97 Å². The minimum atomic E-state index is -0.432. The highest BCUT2D eigenvalue weighted by Crippen LogP contribution is 2.20. The Balaban J connectivity index is 2.05. The lowest BCUT2D eigenvalue weighted by molar-refractivity contribution is 0.0597. The Morgan fingerprint density at radius 1 is 1.65 bits per heavy atom. The SMILES string of the molecule is COC(=O)c1nc(CC2CCCN2)n2ccc(N)cc12. The van der Waals surface area contributed by atoms with Gasteiger partial charge in [0.25, 0.3) is 0 Å². The van der Waals surface area contributed by atoms with Crippen molar-refractivity contribution in [3.8, 4) is 0 Å². The molecular formula is C14H18N4O2. The highest BCUT2D eigenvalue weighted by Gasteiger charge is 2.22. The van der Waals surface area contributed by atoms with E-state index < -0.39 is 5.97 Å². The molecule has 20 heavy (non-hydrogen) atoms. The molecular weight excluding hydrogens is 256 g/mol. The van der Waals surface area contributed by atoms with Gasteiger partial charge in [-0.15, -0.1) is 0 Å². The Morgan fingerprint density at radius 3 is 3.20 bits per heavy atom. The van der Waals surface area contributed by atoms with Crippen LogP contribution < -0.4 is 11.1 Å². The summed E-state index contributed by atoms with van der Waals surface area (Å²) >= 11 is 0. The van der Waals surface area contributed by atoms with Crippen molar-refractivity contribution in [2.24, 2.45) is 0 Å². The summed E-state index contributed by atoms with van der Waals surface area (Å²) in [6.45, 7) is 1.05. The quantitative estimate of drug-likeness (QED) is 0.816. The number of esters is 1. The number of ether oxygens (including phenoxy) is 1. The van der Waals surface area contributed by atoms with E-state index in [0.717, 1.165) is 25.2 Å². The molecule has 0 amide bonds. The number of pyridine rings is 1. The van der Waals surface area contributed by atoms with Crippen LogP contribution in [0.15, 0.2) is 18.3 Å². The van der Waals surface area contributed by atoms with Crippen LogP contribution in [0.1, 0.15) is 29.2 Å². The molecule has 0 bridgehead atoms. The highest BCUT2D eigenvalue weighted by molar-refractivity contribution is 5.95. The monoisotopic (exact) mass is 274 g/mol. The Bertz CT molecular complexity index is 644. The van der Waals surface area contributed by atoms with Gasteiger partial charge in [-0.25, -0.2) is 9.78 Å². The molecule has 3 N–H and O–H groups in total. The predicted octanol–water partition coefficient (Wildman–Crippen LogP) is 0.998. The molecule has 1 saturated heterocycles. The van der Waals surface area contributed by atoms with Gasteiger partial charge in [0.05, 0.1) is 12.6 Å². The summed E-state index contributed by atoms with van der Waals surface area (Å²) in [5, 5.41) is 3.44. The zero-order valence-electron chi connectivity index (χ0n) is 11.4. The van der Waals surface area contributed by atoms with E-state index in [1.807, 2.05) is 10.6 Å². The summed E-state index contributed by atoms with van der Waals surface area (Å²) in [5.41, 5.74) is 7.43. The molecule has 106 valence electrons. The molecule has 0 aromatic carbocycles. The van der Waals surface area contributed by atoms with E-state index in [-0.39, 0.29) is 0 Å². The Hall–Kier alpha value is -2.08. The van der Waals surface area contributed by atoms with Crippen LogP contribution in [0, 0.1) is 0 Å². The van der Waals surface area contributed by atoms with Crippen LogP contribution in [0.2, 0.25) is 0 Å². The summed E-state index contributed by atoms with van der Waals surface area (Å²) in [7, 11) is 1.36. The number of nitrogens with zero attached hydrogens (tertiary/aromatic N) is 2. The molecule has 3 rings (SSSR count). The molecule has 1 aliphatic heterocycles. The van der Waals surface area contributed by atoms with Crippen LogP contribution in [0.25, 0.3) is 5.52 Å². The Kier molecular flexibility index (Phi) is 3.31. The van der Waals surface area contributed by atoms with Crippen molar-refractivity contribution in [1.82, 2.24) is 14.7 Å². The first kappa shape index (κ1) is 12.9. The van der Waals surface area contributed by atoms with Gasteiger partial charge in [0, 0.05) is 24.3 Å². The molecule has 1 atom stereocenters. The van der Waals surface area contributed by atoms with Crippen molar-refractivity contribution in [2.75, 3.05) is 19.4 Å². The number of imidazole rings is 1. The van der Waals surface area contributed by atoms with Crippen molar-refractivity contribution in [3.63, 3.8) is 0 Å². The standard InChI is InChI=1S/C14H18N4O2/c1-20-14(19)13-11-7-9(15)4-6-18(11)12(17-13)8-10-3-2-5-16-10/h4,6-7,10,16H,2-3,5,8,15H2,1H3. The number of fused-ring (bicyclic) bond motifs is 1. The van der Waals surface area contributed by atoms with E-state index >= 15 is 0 Å². The van der Waals surface area contributed by atoms with E-state index in [9.17, 15) is 4.79 Å². The number of methoxy groups -OCH3 is 1. The van der Waals surface area contributed by atoms with Crippen LogP contribution in [-0.4, -0.2) is 35.1 Å². The van der Waals surface area contributed by atoms with Gasteiger partial charge in [-0.05, 0) is 31.5 Å². The van der Waals surface area contributed by atoms with Gasteiger partial charge in [0.1, 0.15) is 5.82 Å². The van der Waals surface area contributed by atoms with Gasteiger partial charge in [-0.1, -0.05) is 0 Å². The minimum Gasteiger partial charge on any atom is -0.464 e. The number of nitrogens with two attached hydrogens (primary N) is 1. The third-order valence-electron chi connectivity index (χ3n) is 3.71. The molecule has 6 heteroatoms. The zero-order valence-corrected chi connectivity index (χ0v) is 11.4. The topological polar surface area (TPSA) is 81.6 Å². The van der Waals surface area contributed by atoms with Crippen molar-refractivity contribution < 1.29 is 9.53 Å². The lowest BCUT2D eigenvalue weighted by Crippen LogP contribution is -2.24. The smallest absolute Gasteiger partial charge is 0.358 e. The number of carbonyl (C=O) groups is 1. The molecule has 2 aromatic heterocycles. The first-order valence-electron chi connectivity index (χ1n) is 6.77. The number of hydrogen-bond donors (Lipinski definition) is 2. The largest absolute Gasteiger partial charge is 0.464 e. The number of hydrogen-bond acceptors (Lipinski definition) is 5. The molecule has 1 unspecified atom stereocenters. The molecule has 0 aliphatic carbocycles. The van der Waals surface area contributed by atoms with E-state index in [4.69, 9.17) is 10.5 Å². The fraction of sp³-hybridized carbons (Fsp3) is 0.429. The van der Waals surface area contributed by atoms with Gasteiger partial charge in [0.2, 0.25) is 0 Å². The zero-order chi connectivity index (χ0) is 14.1. The van der Waals surface area contributed by atoms with Crippen molar-refractivity contribution in [3.05, 3.63) is 29.8 Å². The maximum absolute atomic E-state index is 11.8. The van der Waals surface area contributed by atoms with E-state index in [1.165, 1.54) is 13.5 Å². The van der Waals surface area contributed by atoms with Gasteiger partial charge < -0.3 is 20.2 Å². The molecule has 0 radical (unpaired) electrons. The van der Waals surface area contributed by atoms with E-state index in [2.05, 4.69) is 10.3 Å². The maximum atomic E-state index is 11.8. The fourth-order valence-corrected chi connectivity index (χ4v) is 2.71. The molecule has 2 aromatic rings. The Labute approximate surface area is 116 Å². The molecule has 3 heterocycles. The lowest BCUT2D eigenvalue weighted by atomic mass is 10.1. The van der Waals surface area contributed by atoms with Crippen LogP contribution in [0.4, 0.5) is 5.69 Å². The summed E-state index contributed by atoms with van der Waals surface area (Å²) in [4.78, 5) is 16.3. The number of carbonyl (C=O) groups excluding carboxylic acids is 1. The number of nitrogen functional groups attached to an aromatic ring is 1. The number of aromatic nitrogens is 2. The summed E-state index contributed by atoms with van der Waals surface area (Å²) in [5.74, 6) is 0.429. The number of anilines is 1. The van der Waals surface area contributed by atoms with Crippen LogP contribution in [0.3, 0.4) is 0 Å². The Morgan fingerprint density at radius 2 is 2.50 bits per heavy atom. The third kappa shape index (κ3) is 2.22. The van der Waals surface area contributed by atoms with Gasteiger partial charge in [-0.3, -0.25) is 0 Å².